The van der Waals surface area contributed by atoms with Gasteiger partial charge in [-0.15, -0.1) is 11.3 Å². The predicted octanol–water partition coefficient (Wildman–Crippen LogP) is 1.75. The number of nitrogens with zero attached hydrogens (tertiary/aromatic N) is 2. The summed E-state index contributed by atoms with van der Waals surface area (Å²) in [5.74, 6) is -1.29. The molecule has 0 aliphatic carbocycles. The Hall–Kier alpha value is -1.40. The van der Waals surface area contributed by atoms with Crippen LogP contribution in [0.15, 0.2) is 17.5 Å². The first-order valence-electron chi connectivity index (χ1n) is 6.65. The van der Waals surface area contributed by atoms with Gasteiger partial charge in [-0.2, -0.15) is 0 Å². The van der Waals surface area contributed by atoms with E-state index in [9.17, 15) is 9.59 Å². The fraction of sp³-hybridized carbons (Fsp3) is 0.571. The number of amides is 1. The molecular formula is C14H22N2O3S. The molecule has 0 radical (unpaired) electrons. The second kappa shape index (κ2) is 8.01. The van der Waals surface area contributed by atoms with Gasteiger partial charge in [-0.25, -0.2) is 0 Å². The van der Waals surface area contributed by atoms with E-state index >= 15 is 0 Å². The SMILES string of the molecule is CCN(CC(=O)N(C)Cc1cccs1)CC(C)C(=O)O. The van der Waals surface area contributed by atoms with E-state index in [4.69, 9.17) is 5.11 Å². The van der Waals surface area contributed by atoms with Crippen molar-refractivity contribution in [1.29, 1.82) is 0 Å². The van der Waals surface area contributed by atoms with Crippen LogP contribution < -0.4 is 0 Å². The molecule has 0 saturated heterocycles. The summed E-state index contributed by atoms with van der Waals surface area (Å²) in [6, 6.07) is 3.96. The number of rotatable bonds is 8. The fourth-order valence-corrected chi connectivity index (χ4v) is 2.56. The second-order valence-electron chi connectivity index (χ2n) is 4.90. The minimum atomic E-state index is -0.831. The molecule has 0 fully saturated rings. The molecule has 0 saturated carbocycles. The number of carbonyl (C=O) groups is 2. The summed E-state index contributed by atoms with van der Waals surface area (Å²) in [4.78, 5) is 27.7. The second-order valence-corrected chi connectivity index (χ2v) is 5.93. The Kier molecular flexibility index (Phi) is 6.67. The van der Waals surface area contributed by atoms with Crippen molar-refractivity contribution < 1.29 is 14.7 Å². The zero-order valence-electron chi connectivity index (χ0n) is 12.2. The molecule has 1 aromatic rings. The quantitative estimate of drug-likeness (QED) is 0.794. The molecule has 0 bridgehead atoms. The van der Waals surface area contributed by atoms with Crippen LogP contribution >= 0.6 is 11.3 Å². The minimum Gasteiger partial charge on any atom is -0.481 e. The van der Waals surface area contributed by atoms with Gasteiger partial charge in [0, 0.05) is 18.5 Å². The average molecular weight is 298 g/mol. The van der Waals surface area contributed by atoms with E-state index < -0.39 is 11.9 Å². The molecular weight excluding hydrogens is 276 g/mol. The molecule has 1 amide bonds. The standard InChI is InChI=1S/C14H22N2O3S/c1-4-16(8-11(2)14(18)19)10-13(17)15(3)9-12-6-5-7-20-12/h5-7,11H,4,8-10H2,1-3H3,(H,18,19). The normalized spacial score (nSPS) is 12.4. The van der Waals surface area contributed by atoms with E-state index in [1.54, 1.807) is 30.2 Å². The molecule has 5 nitrogen and oxygen atoms in total. The third kappa shape index (κ3) is 5.30. The monoisotopic (exact) mass is 298 g/mol. The maximum absolute atomic E-state index is 12.1. The van der Waals surface area contributed by atoms with Gasteiger partial charge in [0.05, 0.1) is 19.0 Å². The van der Waals surface area contributed by atoms with Crippen molar-refractivity contribution in [2.24, 2.45) is 5.92 Å². The van der Waals surface area contributed by atoms with Crippen LogP contribution in [0.5, 0.6) is 0 Å². The molecule has 6 heteroatoms. The number of carbonyl (C=O) groups excluding carboxylic acids is 1. The molecule has 1 unspecified atom stereocenters. The third-order valence-electron chi connectivity index (χ3n) is 3.16. The van der Waals surface area contributed by atoms with Crippen LogP contribution in [0.2, 0.25) is 0 Å². The number of aliphatic carboxylic acids is 1. The lowest BCUT2D eigenvalue weighted by Gasteiger charge is -2.25. The Labute approximate surface area is 123 Å². The van der Waals surface area contributed by atoms with Crippen molar-refractivity contribution in [3.63, 3.8) is 0 Å². The van der Waals surface area contributed by atoms with Gasteiger partial charge >= 0.3 is 5.97 Å². The van der Waals surface area contributed by atoms with Gasteiger partial charge in [0.2, 0.25) is 5.91 Å². The Morgan fingerprint density at radius 2 is 2.15 bits per heavy atom. The maximum Gasteiger partial charge on any atom is 0.307 e. The van der Waals surface area contributed by atoms with Crippen LogP contribution in [0.25, 0.3) is 0 Å². The number of hydrogen-bond donors (Lipinski definition) is 1. The van der Waals surface area contributed by atoms with Gasteiger partial charge < -0.3 is 10.0 Å². The molecule has 1 heterocycles. The van der Waals surface area contributed by atoms with Crippen LogP contribution in [0.4, 0.5) is 0 Å². The number of hydrogen-bond acceptors (Lipinski definition) is 4. The zero-order valence-corrected chi connectivity index (χ0v) is 13.0. The summed E-state index contributed by atoms with van der Waals surface area (Å²) >= 11 is 1.62. The van der Waals surface area contributed by atoms with Crippen molar-refractivity contribution in [2.75, 3.05) is 26.7 Å². The molecule has 1 rings (SSSR count). The highest BCUT2D eigenvalue weighted by Gasteiger charge is 2.19. The summed E-state index contributed by atoms with van der Waals surface area (Å²) in [5.41, 5.74) is 0. The van der Waals surface area contributed by atoms with Crippen LogP contribution in [-0.2, 0) is 16.1 Å². The first kappa shape index (κ1) is 16.7. The van der Waals surface area contributed by atoms with Crippen molar-refractivity contribution in [3.8, 4) is 0 Å². The van der Waals surface area contributed by atoms with E-state index in [1.165, 1.54) is 0 Å². The summed E-state index contributed by atoms with van der Waals surface area (Å²) in [7, 11) is 1.77. The molecule has 1 atom stereocenters. The highest BCUT2D eigenvalue weighted by Crippen LogP contribution is 2.11. The van der Waals surface area contributed by atoms with Gasteiger partial charge in [0.15, 0.2) is 0 Å². The Morgan fingerprint density at radius 1 is 1.45 bits per heavy atom. The first-order valence-corrected chi connectivity index (χ1v) is 7.53. The first-order chi connectivity index (χ1) is 9.43. The fourth-order valence-electron chi connectivity index (χ4n) is 1.81. The van der Waals surface area contributed by atoms with Crippen molar-refractivity contribution in [3.05, 3.63) is 22.4 Å². The van der Waals surface area contributed by atoms with E-state index in [1.807, 2.05) is 29.3 Å². The highest BCUT2D eigenvalue weighted by molar-refractivity contribution is 7.09. The molecule has 20 heavy (non-hydrogen) atoms. The third-order valence-corrected chi connectivity index (χ3v) is 4.02. The van der Waals surface area contributed by atoms with Crippen LogP contribution in [-0.4, -0.2) is 53.5 Å². The molecule has 0 aliphatic heterocycles. The Balaban J connectivity index is 2.47. The molecule has 112 valence electrons. The summed E-state index contributed by atoms with van der Waals surface area (Å²) in [5, 5.41) is 10.9. The number of likely N-dealkylation sites (N-methyl/N-ethyl adjacent to an activating group) is 2. The topological polar surface area (TPSA) is 60.9 Å². The number of thiophene rings is 1. The Bertz CT molecular complexity index is 434. The molecule has 1 aromatic heterocycles. The van der Waals surface area contributed by atoms with Gasteiger partial charge in [-0.3, -0.25) is 14.5 Å². The molecule has 0 aromatic carbocycles. The smallest absolute Gasteiger partial charge is 0.307 e. The van der Waals surface area contributed by atoms with E-state index in [0.29, 0.717) is 19.6 Å². The molecule has 0 aliphatic rings. The highest BCUT2D eigenvalue weighted by atomic mass is 32.1. The lowest BCUT2D eigenvalue weighted by molar-refractivity contribution is -0.142. The number of carboxylic acid groups (broad SMARTS) is 1. The van der Waals surface area contributed by atoms with Crippen LogP contribution in [0.3, 0.4) is 0 Å². The predicted molar refractivity (Wildman–Crippen MR) is 79.7 cm³/mol. The van der Waals surface area contributed by atoms with Gasteiger partial charge in [-0.05, 0) is 18.0 Å². The van der Waals surface area contributed by atoms with E-state index in [2.05, 4.69) is 0 Å². The summed E-state index contributed by atoms with van der Waals surface area (Å²) in [6.45, 7) is 5.51. The lowest BCUT2D eigenvalue weighted by atomic mass is 10.1. The zero-order chi connectivity index (χ0) is 15.1. The lowest BCUT2D eigenvalue weighted by Crippen LogP contribution is -2.40. The minimum absolute atomic E-state index is 0.0119. The van der Waals surface area contributed by atoms with Gasteiger partial charge in [-0.1, -0.05) is 19.9 Å². The summed E-state index contributed by atoms with van der Waals surface area (Å²) < 4.78 is 0. The van der Waals surface area contributed by atoms with Gasteiger partial charge in [0.1, 0.15) is 0 Å². The molecule has 1 N–H and O–H groups in total. The molecule has 0 spiro atoms. The van der Waals surface area contributed by atoms with Crippen molar-refractivity contribution in [1.82, 2.24) is 9.80 Å². The van der Waals surface area contributed by atoms with Gasteiger partial charge in [0.25, 0.3) is 0 Å². The van der Waals surface area contributed by atoms with E-state index in [-0.39, 0.29) is 12.5 Å². The van der Waals surface area contributed by atoms with E-state index in [0.717, 1.165) is 4.88 Å². The largest absolute Gasteiger partial charge is 0.481 e. The van der Waals surface area contributed by atoms with Crippen molar-refractivity contribution in [2.45, 2.75) is 20.4 Å². The van der Waals surface area contributed by atoms with Crippen molar-refractivity contribution >= 4 is 23.2 Å². The maximum atomic E-state index is 12.1. The summed E-state index contributed by atoms with van der Waals surface area (Å²) in [6.07, 6.45) is 0. The Morgan fingerprint density at radius 3 is 2.65 bits per heavy atom. The average Bonchev–Trinajstić information content (AvgIpc) is 2.90. The van der Waals surface area contributed by atoms with Crippen LogP contribution in [0, 0.1) is 5.92 Å². The van der Waals surface area contributed by atoms with Crippen LogP contribution in [0.1, 0.15) is 18.7 Å². The number of carboxylic acids is 1.